The molecule has 170 valence electrons. The van der Waals surface area contributed by atoms with Gasteiger partial charge in [-0.15, -0.1) is 0 Å². The molecule has 3 aromatic carbocycles. The van der Waals surface area contributed by atoms with Crippen molar-refractivity contribution in [3.05, 3.63) is 96.1 Å². The fourth-order valence-corrected chi connectivity index (χ4v) is 4.06. The van der Waals surface area contributed by atoms with Gasteiger partial charge >= 0.3 is 6.03 Å². The molecule has 0 bridgehead atoms. The molecule has 33 heavy (non-hydrogen) atoms. The topological polar surface area (TPSA) is 61.9 Å². The second-order valence-electron chi connectivity index (χ2n) is 8.20. The number of hydrogen-bond acceptors (Lipinski definition) is 3. The van der Waals surface area contributed by atoms with Crippen LogP contribution in [0.1, 0.15) is 17.5 Å². The molecule has 3 amide bonds. The van der Waals surface area contributed by atoms with Crippen molar-refractivity contribution in [3.63, 3.8) is 0 Å². The van der Waals surface area contributed by atoms with Gasteiger partial charge in [-0.2, -0.15) is 0 Å². The fraction of sp³-hybridized carbons (Fsp3) is 0.259. The van der Waals surface area contributed by atoms with Crippen LogP contribution in [0, 0.1) is 0 Å². The molecule has 0 aromatic heterocycles. The first-order valence-corrected chi connectivity index (χ1v) is 11.2. The Kier molecular flexibility index (Phi) is 7.25. The SMILES string of the molecule is COc1cccc(N2CC(NC(=O)N(CCc3ccccc3)Cc3ccccc3)CC2=O)c1. The number of hydrogen-bond donors (Lipinski definition) is 1. The minimum Gasteiger partial charge on any atom is -0.497 e. The largest absolute Gasteiger partial charge is 0.497 e. The average Bonchev–Trinajstić information content (AvgIpc) is 3.22. The zero-order valence-electron chi connectivity index (χ0n) is 18.8. The molecule has 1 saturated heterocycles. The highest BCUT2D eigenvalue weighted by molar-refractivity contribution is 5.97. The highest BCUT2D eigenvalue weighted by Gasteiger charge is 2.32. The Morgan fingerprint density at radius 3 is 2.39 bits per heavy atom. The van der Waals surface area contributed by atoms with Gasteiger partial charge in [-0.3, -0.25) is 4.79 Å². The first kappa shape index (κ1) is 22.4. The van der Waals surface area contributed by atoms with E-state index in [-0.39, 0.29) is 24.4 Å². The second kappa shape index (κ2) is 10.7. The maximum absolute atomic E-state index is 13.2. The van der Waals surface area contributed by atoms with Gasteiger partial charge in [0.2, 0.25) is 5.91 Å². The van der Waals surface area contributed by atoms with Gasteiger partial charge in [0, 0.05) is 37.8 Å². The summed E-state index contributed by atoms with van der Waals surface area (Å²) in [4.78, 5) is 29.4. The van der Waals surface area contributed by atoms with Gasteiger partial charge in [0.1, 0.15) is 5.75 Å². The third-order valence-electron chi connectivity index (χ3n) is 5.83. The van der Waals surface area contributed by atoms with E-state index in [2.05, 4.69) is 17.4 Å². The fourth-order valence-electron chi connectivity index (χ4n) is 4.06. The Balaban J connectivity index is 1.42. The number of rotatable bonds is 8. The van der Waals surface area contributed by atoms with Gasteiger partial charge in [-0.25, -0.2) is 4.79 Å². The molecule has 1 unspecified atom stereocenters. The van der Waals surface area contributed by atoms with E-state index in [4.69, 9.17) is 4.74 Å². The normalized spacial score (nSPS) is 15.4. The number of urea groups is 1. The number of benzene rings is 3. The lowest BCUT2D eigenvalue weighted by atomic mass is 10.1. The number of anilines is 1. The molecule has 0 saturated carbocycles. The van der Waals surface area contributed by atoms with Crippen LogP contribution in [-0.4, -0.2) is 43.1 Å². The molecule has 0 aliphatic carbocycles. The number of ether oxygens (including phenoxy) is 1. The molecule has 1 aliphatic heterocycles. The molecule has 1 fully saturated rings. The highest BCUT2D eigenvalue weighted by atomic mass is 16.5. The van der Waals surface area contributed by atoms with E-state index in [0.29, 0.717) is 25.4 Å². The summed E-state index contributed by atoms with van der Waals surface area (Å²) in [7, 11) is 1.60. The number of amides is 3. The van der Waals surface area contributed by atoms with E-state index in [0.717, 1.165) is 17.7 Å². The van der Waals surface area contributed by atoms with Gasteiger partial charge in [0.15, 0.2) is 0 Å². The molecule has 4 rings (SSSR count). The smallest absolute Gasteiger partial charge is 0.318 e. The van der Waals surface area contributed by atoms with Crippen molar-refractivity contribution in [1.82, 2.24) is 10.2 Å². The number of nitrogens with one attached hydrogen (secondary N) is 1. The van der Waals surface area contributed by atoms with Crippen molar-refractivity contribution in [2.45, 2.75) is 25.4 Å². The highest BCUT2D eigenvalue weighted by Crippen LogP contribution is 2.25. The van der Waals surface area contributed by atoms with Crippen molar-refractivity contribution in [1.29, 1.82) is 0 Å². The van der Waals surface area contributed by atoms with Crippen molar-refractivity contribution in [3.8, 4) is 5.75 Å². The van der Waals surface area contributed by atoms with Gasteiger partial charge in [0.05, 0.1) is 13.2 Å². The summed E-state index contributed by atoms with van der Waals surface area (Å²) in [5, 5.41) is 3.09. The molecule has 3 aromatic rings. The third-order valence-corrected chi connectivity index (χ3v) is 5.83. The number of nitrogens with zero attached hydrogens (tertiary/aromatic N) is 2. The van der Waals surface area contributed by atoms with Gasteiger partial charge in [-0.05, 0) is 29.7 Å². The van der Waals surface area contributed by atoms with Crippen molar-refractivity contribution in [2.75, 3.05) is 25.1 Å². The number of carbonyl (C=O) groups excluding carboxylic acids is 2. The monoisotopic (exact) mass is 443 g/mol. The minimum absolute atomic E-state index is 0.00699. The quantitative estimate of drug-likeness (QED) is 0.566. The zero-order valence-corrected chi connectivity index (χ0v) is 18.8. The predicted octanol–water partition coefficient (Wildman–Crippen LogP) is 4.26. The second-order valence-corrected chi connectivity index (χ2v) is 8.20. The van der Waals surface area contributed by atoms with E-state index < -0.39 is 0 Å². The first-order chi connectivity index (χ1) is 16.1. The van der Waals surface area contributed by atoms with Crippen LogP contribution in [-0.2, 0) is 17.8 Å². The molecule has 1 heterocycles. The lowest BCUT2D eigenvalue weighted by Crippen LogP contribution is -2.46. The Morgan fingerprint density at radius 2 is 1.70 bits per heavy atom. The summed E-state index contributed by atoms with van der Waals surface area (Å²) in [6.45, 7) is 1.54. The summed E-state index contributed by atoms with van der Waals surface area (Å²) < 4.78 is 5.28. The lowest BCUT2D eigenvalue weighted by Gasteiger charge is -2.25. The molecule has 1 N–H and O–H groups in total. The number of carbonyl (C=O) groups is 2. The van der Waals surface area contributed by atoms with Crippen LogP contribution in [0.3, 0.4) is 0 Å². The summed E-state index contributed by atoms with van der Waals surface area (Å²) in [5.74, 6) is 0.690. The molecule has 6 nitrogen and oxygen atoms in total. The van der Waals surface area contributed by atoms with Crippen molar-refractivity contribution >= 4 is 17.6 Å². The third kappa shape index (κ3) is 5.92. The molecule has 0 radical (unpaired) electrons. The van der Waals surface area contributed by atoms with Crippen LogP contribution in [0.15, 0.2) is 84.9 Å². The summed E-state index contributed by atoms with van der Waals surface area (Å²) in [6, 6.07) is 27.1. The van der Waals surface area contributed by atoms with E-state index >= 15 is 0 Å². The minimum atomic E-state index is -0.244. The van der Waals surface area contributed by atoms with Gasteiger partial charge in [0.25, 0.3) is 0 Å². The van der Waals surface area contributed by atoms with Crippen LogP contribution < -0.4 is 15.0 Å². The maximum atomic E-state index is 13.2. The van der Waals surface area contributed by atoms with E-state index in [9.17, 15) is 9.59 Å². The van der Waals surface area contributed by atoms with E-state index in [1.165, 1.54) is 5.56 Å². The molecule has 1 atom stereocenters. The Morgan fingerprint density at radius 1 is 1.00 bits per heavy atom. The molecule has 1 aliphatic rings. The Hall–Kier alpha value is -3.80. The summed E-state index contributed by atoms with van der Waals surface area (Å²) in [6.07, 6.45) is 1.04. The first-order valence-electron chi connectivity index (χ1n) is 11.2. The van der Waals surface area contributed by atoms with Gasteiger partial charge in [-0.1, -0.05) is 66.7 Å². The Bertz CT molecular complexity index is 1070. The zero-order chi connectivity index (χ0) is 23.0. The van der Waals surface area contributed by atoms with E-state index in [1.807, 2.05) is 77.7 Å². The van der Waals surface area contributed by atoms with E-state index in [1.54, 1.807) is 12.0 Å². The summed E-state index contributed by atoms with van der Waals surface area (Å²) >= 11 is 0. The molecule has 6 heteroatoms. The van der Waals surface area contributed by atoms with Crippen LogP contribution in [0.4, 0.5) is 10.5 Å². The molecule has 0 spiro atoms. The summed E-state index contributed by atoms with van der Waals surface area (Å²) in [5.41, 5.74) is 3.03. The standard InChI is InChI=1S/C27H29N3O3/c1-33-25-14-8-13-24(18-25)30-20-23(17-26(30)31)28-27(32)29(19-22-11-6-3-7-12-22)16-15-21-9-4-2-5-10-21/h2-14,18,23H,15-17,19-20H2,1H3,(H,28,32). The van der Waals surface area contributed by atoms with Crippen LogP contribution in [0.25, 0.3) is 0 Å². The lowest BCUT2D eigenvalue weighted by molar-refractivity contribution is -0.117. The van der Waals surface area contributed by atoms with Crippen molar-refractivity contribution in [2.24, 2.45) is 0 Å². The molecular formula is C27H29N3O3. The van der Waals surface area contributed by atoms with Crippen LogP contribution in [0.2, 0.25) is 0 Å². The predicted molar refractivity (Wildman–Crippen MR) is 129 cm³/mol. The average molecular weight is 444 g/mol. The maximum Gasteiger partial charge on any atom is 0.318 e. The number of methoxy groups -OCH3 is 1. The Labute approximate surface area is 194 Å². The molecular weight excluding hydrogens is 414 g/mol. The van der Waals surface area contributed by atoms with Crippen LogP contribution in [0.5, 0.6) is 5.75 Å². The van der Waals surface area contributed by atoms with Crippen molar-refractivity contribution < 1.29 is 14.3 Å². The van der Waals surface area contributed by atoms with Crippen LogP contribution >= 0.6 is 0 Å². The van der Waals surface area contributed by atoms with Gasteiger partial charge < -0.3 is 19.9 Å².